The van der Waals surface area contributed by atoms with E-state index >= 15 is 0 Å². The van der Waals surface area contributed by atoms with Crippen LogP contribution in [0.2, 0.25) is 0 Å². The highest BCUT2D eigenvalue weighted by Gasteiger charge is 2.11. The van der Waals surface area contributed by atoms with Crippen LogP contribution in [0.4, 0.5) is 4.39 Å². The first kappa shape index (κ1) is 21.5. The largest absolute Gasteiger partial charge is 0.493 e. The molecule has 0 spiro atoms. The van der Waals surface area contributed by atoms with Gasteiger partial charge in [0.1, 0.15) is 12.4 Å². The van der Waals surface area contributed by atoms with Crippen molar-refractivity contribution in [2.75, 3.05) is 7.11 Å². The number of fused-ring (bicyclic) bond motifs is 1. The summed E-state index contributed by atoms with van der Waals surface area (Å²) < 4.78 is 25.9. The molecule has 162 valence electrons. The number of ether oxygens (including phenoxy) is 2. The van der Waals surface area contributed by atoms with E-state index in [1.165, 1.54) is 25.5 Å². The van der Waals surface area contributed by atoms with Crippen molar-refractivity contribution in [3.05, 3.63) is 103 Å². The molecule has 4 rings (SSSR count). The number of aromatic nitrogens is 2. The Labute approximate surface area is 189 Å². The van der Waals surface area contributed by atoms with Gasteiger partial charge in [-0.15, -0.1) is 4.68 Å². The van der Waals surface area contributed by atoms with Crippen molar-refractivity contribution in [1.29, 1.82) is 0 Å². The molecule has 3 aromatic carbocycles. The van der Waals surface area contributed by atoms with Gasteiger partial charge in [-0.25, -0.2) is 9.18 Å². The Bertz CT molecular complexity index is 1450. The molecule has 0 atom stereocenters. The summed E-state index contributed by atoms with van der Waals surface area (Å²) in [7, 11) is 1.48. The summed E-state index contributed by atoms with van der Waals surface area (Å²) in [4.78, 5) is 27.5. The molecule has 1 aromatic heterocycles. The predicted octanol–water partition coefficient (Wildman–Crippen LogP) is 4.06. The highest BCUT2D eigenvalue weighted by molar-refractivity contribution is 9.10. The molecule has 0 aliphatic rings. The van der Waals surface area contributed by atoms with Crippen molar-refractivity contribution in [1.82, 2.24) is 9.66 Å². The Morgan fingerprint density at radius 3 is 2.69 bits per heavy atom. The number of nitrogens with zero attached hydrogens (tertiary/aromatic N) is 2. The van der Waals surface area contributed by atoms with Crippen LogP contribution in [0.3, 0.4) is 0 Å². The smallest absolute Gasteiger partial charge is 0.349 e. The second-order valence-electron chi connectivity index (χ2n) is 6.78. The van der Waals surface area contributed by atoms with Gasteiger partial charge in [0.15, 0.2) is 11.5 Å². The van der Waals surface area contributed by atoms with Gasteiger partial charge in [-0.2, -0.15) is 5.10 Å². The lowest BCUT2D eigenvalue weighted by Gasteiger charge is -2.13. The summed E-state index contributed by atoms with van der Waals surface area (Å²) in [6, 6.07) is 16.1. The second-order valence-corrected chi connectivity index (χ2v) is 7.63. The SMILES string of the molecule is COc1cc(C=Nn2c(=O)[nH]c3ccccc3c2=O)c(Br)cc1OCc1cccc(F)c1. The first-order valence-corrected chi connectivity index (χ1v) is 10.3. The highest BCUT2D eigenvalue weighted by atomic mass is 79.9. The number of benzene rings is 3. The monoisotopic (exact) mass is 497 g/mol. The van der Waals surface area contributed by atoms with Gasteiger partial charge in [-0.3, -0.25) is 4.79 Å². The van der Waals surface area contributed by atoms with E-state index in [9.17, 15) is 14.0 Å². The molecule has 0 radical (unpaired) electrons. The van der Waals surface area contributed by atoms with Crippen molar-refractivity contribution >= 4 is 33.0 Å². The molecule has 0 aliphatic carbocycles. The van der Waals surface area contributed by atoms with Crippen molar-refractivity contribution in [3.63, 3.8) is 0 Å². The molecule has 0 fully saturated rings. The van der Waals surface area contributed by atoms with E-state index in [-0.39, 0.29) is 12.4 Å². The lowest BCUT2D eigenvalue weighted by Crippen LogP contribution is -2.32. The van der Waals surface area contributed by atoms with Crippen molar-refractivity contribution in [3.8, 4) is 11.5 Å². The third kappa shape index (κ3) is 4.47. The van der Waals surface area contributed by atoms with Crippen LogP contribution >= 0.6 is 15.9 Å². The van der Waals surface area contributed by atoms with Gasteiger partial charge >= 0.3 is 5.69 Å². The summed E-state index contributed by atoms with van der Waals surface area (Å²) in [5.41, 5.74) is 0.488. The third-order valence-electron chi connectivity index (χ3n) is 4.66. The van der Waals surface area contributed by atoms with E-state index in [0.29, 0.717) is 38.0 Å². The molecule has 7 nitrogen and oxygen atoms in total. The van der Waals surface area contributed by atoms with Crippen molar-refractivity contribution < 1.29 is 13.9 Å². The van der Waals surface area contributed by atoms with Gasteiger partial charge in [0.05, 0.1) is 24.2 Å². The number of hydrogen-bond donors (Lipinski definition) is 1. The maximum Gasteiger partial charge on any atom is 0.349 e. The third-order valence-corrected chi connectivity index (χ3v) is 5.35. The lowest BCUT2D eigenvalue weighted by atomic mass is 10.2. The van der Waals surface area contributed by atoms with Crippen LogP contribution in [0.5, 0.6) is 11.5 Å². The maximum absolute atomic E-state index is 13.4. The quantitative estimate of drug-likeness (QED) is 0.407. The second kappa shape index (κ2) is 9.19. The van der Waals surface area contributed by atoms with Crippen LogP contribution in [0.15, 0.2) is 79.8 Å². The number of para-hydroxylation sites is 1. The number of aromatic amines is 1. The molecular formula is C23H17BrFN3O4. The van der Waals surface area contributed by atoms with E-state index in [0.717, 1.165) is 4.68 Å². The molecule has 4 aromatic rings. The molecule has 0 saturated heterocycles. The van der Waals surface area contributed by atoms with Gasteiger partial charge in [-0.1, -0.05) is 24.3 Å². The van der Waals surface area contributed by atoms with Crippen molar-refractivity contribution in [2.24, 2.45) is 5.10 Å². The molecule has 0 aliphatic heterocycles. The summed E-state index contributed by atoms with van der Waals surface area (Å²) >= 11 is 3.44. The van der Waals surface area contributed by atoms with Gasteiger partial charge in [0.25, 0.3) is 5.56 Å². The summed E-state index contributed by atoms with van der Waals surface area (Å²) in [5.74, 6) is 0.497. The van der Waals surface area contributed by atoms with Gasteiger partial charge < -0.3 is 14.5 Å². The van der Waals surface area contributed by atoms with Gasteiger partial charge in [0, 0.05) is 10.0 Å². The minimum Gasteiger partial charge on any atom is -0.493 e. The van der Waals surface area contributed by atoms with Crippen LogP contribution in [-0.4, -0.2) is 23.0 Å². The zero-order chi connectivity index (χ0) is 22.7. The molecule has 9 heteroatoms. The Morgan fingerprint density at radius 1 is 1.09 bits per heavy atom. The molecule has 0 bridgehead atoms. The minimum absolute atomic E-state index is 0.149. The van der Waals surface area contributed by atoms with Crippen molar-refractivity contribution in [2.45, 2.75) is 6.61 Å². The number of methoxy groups -OCH3 is 1. The highest BCUT2D eigenvalue weighted by Crippen LogP contribution is 2.33. The Hall–Kier alpha value is -3.72. The standard InChI is InChI=1S/C23H17BrFN3O4/c1-31-20-10-15(18(24)11-21(20)32-13-14-5-4-6-16(25)9-14)12-26-28-22(29)17-7-2-3-8-19(17)27-23(28)30/h2-12H,13H2,1H3,(H,27,30). The summed E-state index contributed by atoms with van der Waals surface area (Å²) in [6.45, 7) is 0.149. The number of hydrogen-bond acceptors (Lipinski definition) is 5. The first-order chi connectivity index (χ1) is 15.5. The molecule has 0 saturated carbocycles. The molecule has 32 heavy (non-hydrogen) atoms. The Kier molecular flexibility index (Phi) is 6.18. The van der Waals surface area contributed by atoms with Crippen LogP contribution in [0, 0.1) is 5.82 Å². The zero-order valence-electron chi connectivity index (χ0n) is 16.8. The van der Waals surface area contributed by atoms with E-state index < -0.39 is 11.2 Å². The molecule has 0 unspecified atom stereocenters. The first-order valence-electron chi connectivity index (χ1n) is 9.49. The molecule has 1 N–H and O–H groups in total. The van der Waals surface area contributed by atoms with E-state index in [4.69, 9.17) is 9.47 Å². The number of rotatable bonds is 6. The minimum atomic E-state index is -0.650. The fourth-order valence-electron chi connectivity index (χ4n) is 3.09. The topological polar surface area (TPSA) is 85.7 Å². The Morgan fingerprint density at radius 2 is 1.91 bits per heavy atom. The van der Waals surface area contributed by atoms with Crippen LogP contribution in [-0.2, 0) is 6.61 Å². The molecular weight excluding hydrogens is 481 g/mol. The Balaban J connectivity index is 1.64. The summed E-state index contributed by atoms with van der Waals surface area (Å²) in [6.07, 6.45) is 1.37. The molecule has 0 amide bonds. The van der Waals surface area contributed by atoms with Crippen LogP contribution in [0.1, 0.15) is 11.1 Å². The summed E-state index contributed by atoms with van der Waals surface area (Å²) in [5, 5.41) is 4.41. The lowest BCUT2D eigenvalue weighted by molar-refractivity contribution is 0.284. The van der Waals surface area contributed by atoms with E-state index in [1.54, 1.807) is 48.5 Å². The van der Waals surface area contributed by atoms with Gasteiger partial charge in [-0.05, 0) is 57.9 Å². The van der Waals surface area contributed by atoms with Crippen LogP contribution < -0.4 is 20.7 Å². The van der Waals surface area contributed by atoms with Crippen LogP contribution in [0.25, 0.3) is 10.9 Å². The van der Waals surface area contributed by atoms with Gasteiger partial charge in [0.2, 0.25) is 0 Å². The number of H-pyrrole nitrogens is 1. The zero-order valence-corrected chi connectivity index (χ0v) is 18.4. The average Bonchev–Trinajstić information content (AvgIpc) is 2.78. The fourth-order valence-corrected chi connectivity index (χ4v) is 3.51. The predicted molar refractivity (Wildman–Crippen MR) is 123 cm³/mol. The maximum atomic E-state index is 13.4. The number of halogens is 2. The van der Waals surface area contributed by atoms with E-state index in [2.05, 4.69) is 26.0 Å². The number of nitrogens with one attached hydrogen (secondary N) is 1. The average molecular weight is 498 g/mol. The fraction of sp³-hybridized carbons (Fsp3) is 0.0870. The normalized spacial score (nSPS) is 11.2. The van der Waals surface area contributed by atoms with E-state index in [1.807, 2.05) is 0 Å². The molecule has 1 heterocycles.